The molecule has 0 spiro atoms. The van der Waals surface area contributed by atoms with Crippen molar-refractivity contribution < 1.29 is 25.0 Å². The van der Waals surface area contributed by atoms with Crippen LogP contribution in [0.1, 0.15) is 27.7 Å². The fraction of sp³-hybridized carbons (Fsp3) is 1.00. The van der Waals surface area contributed by atoms with E-state index < -0.39 is 18.5 Å². The van der Waals surface area contributed by atoms with Crippen molar-refractivity contribution in [3.8, 4) is 0 Å². The highest BCUT2D eigenvalue weighted by Crippen LogP contribution is 2.24. The third-order valence-corrected chi connectivity index (χ3v) is 1.88. The van der Waals surface area contributed by atoms with Crippen molar-refractivity contribution in [1.82, 2.24) is 5.06 Å². The highest BCUT2D eigenvalue weighted by molar-refractivity contribution is 6.30. The van der Waals surface area contributed by atoms with Crippen LogP contribution in [-0.2, 0) is 4.84 Å². The molecule has 0 aromatic heterocycles. The second-order valence-electron chi connectivity index (χ2n) is 4.32. The molecule has 0 aliphatic heterocycles. The monoisotopic (exact) mass is 223 g/mol. The van der Waals surface area contributed by atoms with E-state index >= 15 is 0 Å². The zero-order valence-corrected chi connectivity index (χ0v) is 10.2. The van der Waals surface area contributed by atoms with Crippen molar-refractivity contribution >= 4 is 7.32 Å². The lowest BCUT2D eigenvalue weighted by molar-refractivity contribution is -0.262. The van der Waals surface area contributed by atoms with Gasteiger partial charge in [0.25, 0.3) is 0 Å². The van der Waals surface area contributed by atoms with Gasteiger partial charge in [-0.15, -0.1) is 0 Å². The summed E-state index contributed by atoms with van der Waals surface area (Å²) in [5.74, 6) is 0. The van der Waals surface area contributed by atoms with Crippen LogP contribution in [-0.4, -0.2) is 57.9 Å². The Balaban J connectivity index is 0. The van der Waals surface area contributed by atoms with Crippen molar-refractivity contribution in [3.63, 3.8) is 0 Å². The summed E-state index contributed by atoms with van der Waals surface area (Å²) in [5.41, 5.74) is -1.40. The van der Waals surface area contributed by atoms with E-state index in [2.05, 4.69) is 0 Å². The van der Waals surface area contributed by atoms with E-state index in [4.69, 9.17) is 19.9 Å². The lowest BCUT2D eigenvalue weighted by atomic mass is 9.90. The van der Waals surface area contributed by atoms with Gasteiger partial charge in [-0.25, -0.2) is 0 Å². The zero-order valence-electron chi connectivity index (χ0n) is 10.2. The standard InChI is InChI=1S/C8H19NO2.BH3O3/c1-7(2,10)8(3,4)11-9(5)6;2-1(3)4/h10H,1-6H3;2-4H. The number of hydrogen-bond donors (Lipinski definition) is 4. The Kier molecular flexibility index (Phi) is 7.37. The first-order chi connectivity index (χ1) is 6.40. The van der Waals surface area contributed by atoms with Crippen LogP contribution in [0.15, 0.2) is 0 Å². The number of hydrogen-bond acceptors (Lipinski definition) is 6. The van der Waals surface area contributed by atoms with Gasteiger partial charge in [0.05, 0.1) is 5.60 Å². The van der Waals surface area contributed by atoms with Gasteiger partial charge in [0.1, 0.15) is 5.60 Å². The first-order valence-electron chi connectivity index (χ1n) is 4.53. The van der Waals surface area contributed by atoms with Crippen LogP contribution < -0.4 is 0 Å². The molecule has 0 saturated heterocycles. The smallest absolute Gasteiger partial charge is 0.402 e. The molecule has 15 heavy (non-hydrogen) atoms. The summed E-state index contributed by atoms with van der Waals surface area (Å²) in [6.45, 7) is 7.17. The highest BCUT2D eigenvalue weighted by atomic mass is 16.7. The van der Waals surface area contributed by atoms with Crippen LogP contribution in [0.2, 0.25) is 0 Å². The van der Waals surface area contributed by atoms with Gasteiger partial charge in [-0.3, -0.25) is 4.84 Å². The third kappa shape index (κ3) is 10.1. The van der Waals surface area contributed by atoms with E-state index in [1.54, 1.807) is 33.0 Å². The minimum atomic E-state index is -2.17. The molecule has 7 heteroatoms. The fourth-order valence-corrected chi connectivity index (χ4v) is 0.568. The molecule has 0 radical (unpaired) electrons. The van der Waals surface area contributed by atoms with Crippen molar-refractivity contribution in [2.45, 2.75) is 38.9 Å². The summed E-state index contributed by atoms with van der Waals surface area (Å²) in [6.07, 6.45) is 0. The van der Waals surface area contributed by atoms with Gasteiger partial charge in [0.2, 0.25) is 0 Å². The van der Waals surface area contributed by atoms with Gasteiger partial charge in [0, 0.05) is 14.1 Å². The van der Waals surface area contributed by atoms with Gasteiger partial charge >= 0.3 is 7.32 Å². The average molecular weight is 223 g/mol. The van der Waals surface area contributed by atoms with E-state index in [0.717, 1.165) is 0 Å². The number of aliphatic hydroxyl groups is 1. The lowest BCUT2D eigenvalue weighted by Gasteiger charge is -2.38. The Labute approximate surface area is 91.2 Å². The molecule has 92 valence electrons. The van der Waals surface area contributed by atoms with Crippen LogP contribution >= 0.6 is 0 Å². The van der Waals surface area contributed by atoms with Crippen LogP contribution in [0.4, 0.5) is 0 Å². The quantitative estimate of drug-likeness (QED) is 0.361. The fourth-order valence-electron chi connectivity index (χ4n) is 0.568. The molecule has 0 fully saturated rings. The lowest BCUT2D eigenvalue weighted by Crippen LogP contribution is -2.49. The highest BCUT2D eigenvalue weighted by Gasteiger charge is 2.37. The minimum Gasteiger partial charge on any atom is -0.402 e. The SMILES string of the molecule is CN(C)OC(C)(C)C(C)(C)O.OB(O)O. The molecule has 0 atom stereocenters. The predicted octanol–water partition coefficient (Wildman–Crippen LogP) is -1.02. The van der Waals surface area contributed by atoms with Gasteiger partial charge in [0.15, 0.2) is 0 Å². The number of nitrogens with zero attached hydrogens (tertiary/aromatic N) is 1. The molecular formula is C8H22BNO5. The Hall–Kier alpha value is -0.175. The maximum atomic E-state index is 9.64. The van der Waals surface area contributed by atoms with Gasteiger partial charge in [-0.2, -0.15) is 5.06 Å². The van der Waals surface area contributed by atoms with Crippen molar-refractivity contribution in [3.05, 3.63) is 0 Å². The normalized spacial score (nSPS) is 12.2. The largest absolute Gasteiger partial charge is 0.631 e. The van der Waals surface area contributed by atoms with Crippen LogP contribution in [0.5, 0.6) is 0 Å². The average Bonchev–Trinajstić information content (AvgIpc) is 1.78. The summed E-state index contributed by atoms with van der Waals surface area (Å²) in [5, 5.41) is 32.7. The van der Waals surface area contributed by atoms with Crippen molar-refractivity contribution in [2.75, 3.05) is 14.1 Å². The molecule has 0 aliphatic carbocycles. The molecule has 0 saturated carbocycles. The number of rotatable bonds is 3. The Morgan fingerprint density at radius 1 is 1.00 bits per heavy atom. The second kappa shape index (κ2) is 6.42. The van der Waals surface area contributed by atoms with Crippen LogP contribution in [0, 0.1) is 0 Å². The van der Waals surface area contributed by atoms with Gasteiger partial charge in [-0.1, -0.05) is 0 Å². The summed E-state index contributed by atoms with van der Waals surface area (Å²) < 4.78 is 0. The summed E-state index contributed by atoms with van der Waals surface area (Å²) in [6, 6.07) is 0. The Morgan fingerprint density at radius 3 is 1.33 bits per heavy atom. The van der Waals surface area contributed by atoms with Crippen molar-refractivity contribution in [2.24, 2.45) is 0 Å². The van der Waals surface area contributed by atoms with E-state index in [1.807, 2.05) is 13.8 Å². The third-order valence-electron chi connectivity index (χ3n) is 1.88. The van der Waals surface area contributed by atoms with Crippen LogP contribution in [0.3, 0.4) is 0 Å². The maximum absolute atomic E-state index is 9.64. The molecule has 4 N–H and O–H groups in total. The van der Waals surface area contributed by atoms with E-state index in [-0.39, 0.29) is 0 Å². The van der Waals surface area contributed by atoms with Gasteiger partial charge in [-0.05, 0) is 27.7 Å². The maximum Gasteiger partial charge on any atom is 0.631 e. The topological polar surface area (TPSA) is 93.4 Å². The second-order valence-corrected chi connectivity index (χ2v) is 4.32. The van der Waals surface area contributed by atoms with Crippen molar-refractivity contribution in [1.29, 1.82) is 0 Å². The predicted molar refractivity (Wildman–Crippen MR) is 57.6 cm³/mol. The molecule has 0 aromatic carbocycles. The number of hydroxylamine groups is 2. The van der Waals surface area contributed by atoms with E-state index in [9.17, 15) is 5.11 Å². The summed E-state index contributed by atoms with van der Waals surface area (Å²) in [4.78, 5) is 5.39. The molecule has 0 rings (SSSR count). The summed E-state index contributed by atoms with van der Waals surface area (Å²) in [7, 11) is 1.43. The Bertz CT molecular complexity index is 164. The molecule has 0 unspecified atom stereocenters. The summed E-state index contributed by atoms with van der Waals surface area (Å²) >= 11 is 0. The Morgan fingerprint density at radius 2 is 1.27 bits per heavy atom. The molecule has 0 heterocycles. The van der Waals surface area contributed by atoms with Crippen LogP contribution in [0.25, 0.3) is 0 Å². The molecule has 0 bridgehead atoms. The van der Waals surface area contributed by atoms with Gasteiger partial charge < -0.3 is 20.2 Å². The molecule has 6 nitrogen and oxygen atoms in total. The van der Waals surface area contributed by atoms with E-state index in [0.29, 0.717) is 0 Å². The first-order valence-corrected chi connectivity index (χ1v) is 4.53. The molecule has 0 aliphatic rings. The first kappa shape index (κ1) is 17.2. The zero-order chi connectivity index (χ0) is 12.9. The molecule has 0 aromatic rings. The molecular weight excluding hydrogens is 201 g/mol. The molecule has 0 amide bonds. The van der Waals surface area contributed by atoms with E-state index in [1.165, 1.54) is 0 Å². The minimum absolute atomic E-state index is 0.559.